The molecule has 0 fully saturated rings. The highest BCUT2D eigenvalue weighted by molar-refractivity contribution is 8.01. The number of hydrogen-bond donors (Lipinski definition) is 2. The normalized spacial score (nSPS) is 10.9. The fourth-order valence-electron chi connectivity index (χ4n) is 2.34. The van der Waals surface area contributed by atoms with E-state index in [9.17, 15) is 4.79 Å². The van der Waals surface area contributed by atoms with Crippen LogP contribution in [0.2, 0.25) is 0 Å². The Bertz CT molecular complexity index is 847. The molecule has 0 aliphatic carbocycles. The first-order chi connectivity index (χ1) is 12.6. The van der Waals surface area contributed by atoms with Crippen LogP contribution in [0.25, 0.3) is 0 Å². The summed E-state index contributed by atoms with van der Waals surface area (Å²) in [5, 5.41) is 15.0. The molecule has 0 radical (unpaired) electrons. The summed E-state index contributed by atoms with van der Waals surface area (Å²) in [6.07, 6.45) is 1.63. The molecule has 8 heteroatoms. The molecule has 2 N–H and O–H groups in total. The summed E-state index contributed by atoms with van der Waals surface area (Å²) in [6, 6.07) is 11.6. The molecule has 0 aliphatic heterocycles. The average Bonchev–Trinajstić information content (AvgIpc) is 3.30. The number of para-hydroxylation sites is 1. The molecule has 6 nitrogen and oxygen atoms in total. The number of amides is 1. The molecule has 2 heterocycles. The van der Waals surface area contributed by atoms with Gasteiger partial charge in [-0.05, 0) is 29.7 Å². The van der Waals surface area contributed by atoms with Crippen LogP contribution in [0.15, 0.2) is 51.4 Å². The number of benzene rings is 1. The van der Waals surface area contributed by atoms with Crippen molar-refractivity contribution in [2.45, 2.75) is 30.6 Å². The molecule has 1 aromatic carbocycles. The molecule has 0 spiro atoms. The van der Waals surface area contributed by atoms with E-state index in [0.717, 1.165) is 21.4 Å². The van der Waals surface area contributed by atoms with Crippen LogP contribution in [0.1, 0.15) is 31.1 Å². The van der Waals surface area contributed by atoms with Crippen molar-refractivity contribution >= 4 is 39.8 Å². The zero-order chi connectivity index (χ0) is 18.4. The Hall–Kier alpha value is -2.32. The number of nitrogens with zero attached hydrogens (tertiary/aromatic N) is 2. The summed E-state index contributed by atoms with van der Waals surface area (Å²) < 4.78 is 6.01. The maximum atomic E-state index is 12.2. The Balaban J connectivity index is 1.49. The van der Waals surface area contributed by atoms with Crippen molar-refractivity contribution in [1.29, 1.82) is 0 Å². The number of carbonyl (C=O) groups is 1. The van der Waals surface area contributed by atoms with Crippen LogP contribution in [0.5, 0.6) is 0 Å². The van der Waals surface area contributed by atoms with Gasteiger partial charge < -0.3 is 15.1 Å². The minimum atomic E-state index is -0.0524. The maximum Gasteiger partial charge on any atom is 0.234 e. The van der Waals surface area contributed by atoms with E-state index in [1.54, 1.807) is 6.26 Å². The maximum absolute atomic E-state index is 12.2. The molecule has 136 valence electrons. The summed E-state index contributed by atoms with van der Waals surface area (Å²) in [5.74, 6) is 1.42. The lowest BCUT2D eigenvalue weighted by atomic mass is 10.0. The van der Waals surface area contributed by atoms with Crippen molar-refractivity contribution in [1.82, 2.24) is 10.2 Å². The third-order valence-electron chi connectivity index (χ3n) is 3.58. The van der Waals surface area contributed by atoms with Crippen LogP contribution in [0, 0.1) is 0 Å². The summed E-state index contributed by atoms with van der Waals surface area (Å²) in [7, 11) is 0. The van der Waals surface area contributed by atoms with Gasteiger partial charge in [0.2, 0.25) is 11.0 Å². The van der Waals surface area contributed by atoms with Crippen molar-refractivity contribution in [2.24, 2.45) is 0 Å². The van der Waals surface area contributed by atoms with Gasteiger partial charge in [0.15, 0.2) is 4.34 Å². The molecule has 0 saturated carbocycles. The van der Waals surface area contributed by atoms with Gasteiger partial charge in [-0.3, -0.25) is 4.79 Å². The van der Waals surface area contributed by atoms with Gasteiger partial charge in [0, 0.05) is 5.69 Å². The van der Waals surface area contributed by atoms with Gasteiger partial charge in [0.05, 0.1) is 18.6 Å². The van der Waals surface area contributed by atoms with E-state index in [1.807, 2.05) is 36.4 Å². The molecule has 0 unspecified atom stereocenters. The second-order valence-electron chi connectivity index (χ2n) is 5.88. The predicted molar refractivity (Wildman–Crippen MR) is 106 cm³/mol. The van der Waals surface area contributed by atoms with Gasteiger partial charge in [0.25, 0.3) is 0 Å². The molecule has 0 bridgehead atoms. The van der Waals surface area contributed by atoms with Gasteiger partial charge in [0.1, 0.15) is 5.76 Å². The minimum absolute atomic E-state index is 0.0524. The number of aromatic nitrogens is 2. The first kappa shape index (κ1) is 18.5. The topological polar surface area (TPSA) is 80.0 Å². The predicted octanol–water partition coefficient (Wildman–Crippen LogP) is 4.60. The summed E-state index contributed by atoms with van der Waals surface area (Å²) in [5.41, 5.74) is 2.00. The number of carbonyl (C=O) groups excluding carboxylic acids is 1. The molecular weight excluding hydrogens is 368 g/mol. The third kappa shape index (κ3) is 5.09. The summed E-state index contributed by atoms with van der Waals surface area (Å²) in [4.78, 5) is 12.2. The van der Waals surface area contributed by atoms with Crippen LogP contribution in [-0.2, 0) is 11.3 Å². The molecule has 2 aromatic heterocycles. The highest BCUT2D eigenvalue weighted by atomic mass is 32.2. The largest absolute Gasteiger partial charge is 0.467 e. The number of hydrogen-bond acceptors (Lipinski definition) is 7. The monoisotopic (exact) mass is 388 g/mol. The molecule has 0 atom stereocenters. The van der Waals surface area contributed by atoms with Gasteiger partial charge >= 0.3 is 0 Å². The molecular formula is C18H20N4O2S2. The Morgan fingerprint density at radius 1 is 1.23 bits per heavy atom. The Labute approximate surface area is 160 Å². The molecule has 3 rings (SSSR count). The second kappa shape index (κ2) is 8.86. The SMILES string of the molecule is CC(C)c1ccccc1NC(=O)CSc1nnc(NCc2ccco2)s1. The molecule has 0 aliphatic rings. The molecule has 26 heavy (non-hydrogen) atoms. The van der Waals surface area contributed by atoms with E-state index in [4.69, 9.17) is 4.42 Å². The van der Waals surface area contributed by atoms with Crippen LogP contribution in [0.3, 0.4) is 0 Å². The number of anilines is 2. The van der Waals surface area contributed by atoms with Crippen molar-refractivity contribution < 1.29 is 9.21 Å². The highest BCUT2D eigenvalue weighted by Gasteiger charge is 2.11. The fraction of sp³-hybridized carbons (Fsp3) is 0.278. The van der Waals surface area contributed by atoms with Gasteiger partial charge in [-0.1, -0.05) is 55.1 Å². The van der Waals surface area contributed by atoms with Gasteiger partial charge in [-0.15, -0.1) is 10.2 Å². The quantitative estimate of drug-likeness (QED) is 0.549. The lowest BCUT2D eigenvalue weighted by Gasteiger charge is -2.13. The molecule has 0 saturated heterocycles. The summed E-state index contributed by atoms with van der Waals surface area (Å²) in [6.45, 7) is 4.77. The van der Waals surface area contributed by atoms with Gasteiger partial charge in [-0.25, -0.2) is 0 Å². The zero-order valence-electron chi connectivity index (χ0n) is 14.6. The van der Waals surface area contributed by atoms with Crippen molar-refractivity contribution in [3.63, 3.8) is 0 Å². The van der Waals surface area contributed by atoms with Crippen molar-refractivity contribution in [2.75, 3.05) is 16.4 Å². The van der Waals surface area contributed by atoms with E-state index < -0.39 is 0 Å². The Kier molecular flexibility index (Phi) is 6.30. The standard InChI is InChI=1S/C18H20N4O2S2/c1-12(2)14-7-3-4-8-15(14)20-16(23)11-25-18-22-21-17(26-18)19-10-13-6-5-9-24-13/h3-9,12H,10-11H2,1-2H3,(H,19,21)(H,20,23). The smallest absolute Gasteiger partial charge is 0.234 e. The lowest BCUT2D eigenvalue weighted by Crippen LogP contribution is -2.15. The summed E-state index contributed by atoms with van der Waals surface area (Å²) >= 11 is 2.79. The molecule has 3 aromatic rings. The average molecular weight is 389 g/mol. The first-order valence-electron chi connectivity index (χ1n) is 8.23. The van der Waals surface area contributed by atoms with E-state index >= 15 is 0 Å². The van der Waals surface area contributed by atoms with E-state index in [-0.39, 0.29) is 5.91 Å². The van der Waals surface area contributed by atoms with Crippen LogP contribution >= 0.6 is 23.1 Å². The van der Waals surface area contributed by atoms with Crippen LogP contribution in [0.4, 0.5) is 10.8 Å². The number of nitrogens with one attached hydrogen (secondary N) is 2. The Morgan fingerprint density at radius 3 is 2.85 bits per heavy atom. The lowest BCUT2D eigenvalue weighted by molar-refractivity contribution is -0.113. The number of furan rings is 1. The van der Waals surface area contributed by atoms with Crippen LogP contribution < -0.4 is 10.6 Å². The number of thioether (sulfide) groups is 1. The Morgan fingerprint density at radius 2 is 2.08 bits per heavy atom. The van der Waals surface area contributed by atoms with Crippen LogP contribution in [-0.4, -0.2) is 21.9 Å². The third-order valence-corrected chi connectivity index (χ3v) is 5.60. The van der Waals surface area contributed by atoms with E-state index in [0.29, 0.717) is 23.3 Å². The zero-order valence-corrected chi connectivity index (χ0v) is 16.2. The molecule has 1 amide bonds. The van der Waals surface area contributed by atoms with Crippen molar-refractivity contribution in [3.05, 3.63) is 54.0 Å². The number of rotatable bonds is 8. The first-order valence-corrected chi connectivity index (χ1v) is 10.0. The minimum Gasteiger partial charge on any atom is -0.467 e. The van der Waals surface area contributed by atoms with Gasteiger partial charge in [-0.2, -0.15) is 0 Å². The van der Waals surface area contributed by atoms with Crippen molar-refractivity contribution in [3.8, 4) is 0 Å². The second-order valence-corrected chi connectivity index (χ2v) is 8.08. The fourth-order valence-corrected chi connectivity index (χ4v) is 3.89. The van der Waals surface area contributed by atoms with E-state index in [1.165, 1.54) is 23.1 Å². The highest BCUT2D eigenvalue weighted by Crippen LogP contribution is 2.27. The van der Waals surface area contributed by atoms with E-state index in [2.05, 4.69) is 34.7 Å².